The molecule has 0 aromatic carbocycles. The molecule has 3 heterocycles. The highest BCUT2D eigenvalue weighted by atomic mass is 15.2. The Morgan fingerprint density at radius 2 is 1.88 bits per heavy atom. The molecular weight excluding hydrogens is 320 g/mol. The smallest absolute Gasteiger partial charge is 0.138 e. The lowest BCUT2D eigenvalue weighted by atomic mass is 9.89. The fourth-order valence-corrected chi connectivity index (χ4v) is 4.76. The summed E-state index contributed by atoms with van der Waals surface area (Å²) < 4.78 is 2.15. The molecule has 1 atom stereocenters. The van der Waals surface area contributed by atoms with Crippen LogP contribution in [0, 0.1) is 0 Å². The van der Waals surface area contributed by atoms with E-state index in [2.05, 4.69) is 46.5 Å². The Bertz CT molecular complexity index is 714. The lowest BCUT2D eigenvalue weighted by molar-refractivity contribution is 0.118. The summed E-state index contributed by atoms with van der Waals surface area (Å²) in [5.74, 6) is 3.06. The third kappa shape index (κ3) is 3.71. The summed E-state index contributed by atoms with van der Waals surface area (Å²) in [4.78, 5) is 12.3. The number of hydrogen-bond acceptors (Lipinski definition) is 3. The molecule has 1 aliphatic heterocycles. The summed E-state index contributed by atoms with van der Waals surface area (Å²) in [5.41, 5.74) is 1.26. The van der Waals surface area contributed by atoms with Gasteiger partial charge in [-0.15, -0.1) is 0 Å². The van der Waals surface area contributed by atoms with Gasteiger partial charge in [0.15, 0.2) is 0 Å². The van der Waals surface area contributed by atoms with Crippen LogP contribution in [0.5, 0.6) is 0 Å². The van der Waals surface area contributed by atoms with Crippen molar-refractivity contribution in [3.63, 3.8) is 0 Å². The Morgan fingerprint density at radius 1 is 1.04 bits per heavy atom. The lowest BCUT2D eigenvalue weighted by Crippen LogP contribution is -2.43. The van der Waals surface area contributed by atoms with Crippen LogP contribution in [0.2, 0.25) is 0 Å². The van der Waals surface area contributed by atoms with Gasteiger partial charge < -0.3 is 0 Å². The summed E-state index contributed by atoms with van der Waals surface area (Å²) in [6.07, 6.45) is 13.5. The largest absolute Gasteiger partial charge is 0.300 e. The van der Waals surface area contributed by atoms with Gasteiger partial charge in [-0.2, -0.15) is 0 Å². The predicted molar refractivity (Wildman–Crippen MR) is 106 cm³/mol. The van der Waals surface area contributed by atoms with E-state index in [4.69, 9.17) is 4.98 Å². The first-order chi connectivity index (χ1) is 12.7. The van der Waals surface area contributed by atoms with Crippen molar-refractivity contribution >= 4 is 0 Å². The van der Waals surface area contributed by atoms with Crippen LogP contribution in [0.1, 0.15) is 82.1 Å². The zero-order chi connectivity index (χ0) is 17.9. The highest BCUT2D eigenvalue weighted by molar-refractivity contribution is 5.29. The van der Waals surface area contributed by atoms with E-state index in [9.17, 15) is 0 Å². The van der Waals surface area contributed by atoms with Crippen LogP contribution in [0.25, 0.3) is 5.82 Å². The van der Waals surface area contributed by atoms with Gasteiger partial charge in [-0.1, -0.05) is 39.2 Å². The number of aromatic nitrogens is 3. The van der Waals surface area contributed by atoms with Gasteiger partial charge in [-0.05, 0) is 44.4 Å². The molecule has 2 aromatic rings. The molecule has 0 amide bonds. The zero-order valence-corrected chi connectivity index (χ0v) is 16.3. The number of rotatable bonds is 4. The van der Waals surface area contributed by atoms with Gasteiger partial charge in [0.05, 0.1) is 0 Å². The van der Waals surface area contributed by atoms with Crippen molar-refractivity contribution in [2.24, 2.45) is 0 Å². The molecule has 4 heteroatoms. The van der Waals surface area contributed by atoms with Crippen LogP contribution >= 0.6 is 0 Å². The maximum atomic E-state index is 5.06. The standard InChI is InChI=1S/C22H32N4/c1-17(2)22-23-13-15-26(22)21-12-6-11-20(24-21)18-8-7-14-25(16-18)19-9-4-3-5-10-19/h6,11-13,15,17-19H,3-5,7-10,14,16H2,1-2H3. The SMILES string of the molecule is CC(C)c1nccn1-c1cccc(C2CCCN(C3CCCCC3)C2)n1. The van der Waals surface area contributed by atoms with Gasteiger partial charge in [0.25, 0.3) is 0 Å². The highest BCUT2D eigenvalue weighted by Gasteiger charge is 2.28. The normalized spacial score (nSPS) is 22.8. The van der Waals surface area contributed by atoms with E-state index in [0.717, 1.165) is 17.7 Å². The molecule has 26 heavy (non-hydrogen) atoms. The molecular formula is C22H32N4. The minimum Gasteiger partial charge on any atom is -0.300 e. The Morgan fingerprint density at radius 3 is 2.69 bits per heavy atom. The second kappa shape index (κ2) is 7.91. The van der Waals surface area contributed by atoms with Gasteiger partial charge in [0, 0.05) is 42.5 Å². The van der Waals surface area contributed by atoms with E-state index in [0.29, 0.717) is 11.8 Å². The Labute approximate surface area is 157 Å². The number of imidazole rings is 1. The lowest BCUT2D eigenvalue weighted by Gasteiger charge is -2.40. The molecule has 1 aliphatic carbocycles. The molecule has 1 unspecified atom stereocenters. The summed E-state index contributed by atoms with van der Waals surface area (Å²) in [6, 6.07) is 7.32. The Balaban J connectivity index is 1.53. The molecule has 1 saturated heterocycles. The van der Waals surface area contributed by atoms with Gasteiger partial charge in [-0.3, -0.25) is 9.47 Å². The summed E-state index contributed by atoms with van der Waals surface area (Å²) >= 11 is 0. The molecule has 2 fully saturated rings. The molecule has 0 bridgehead atoms. The first kappa shape index (κ1) is 17.7. The maximum Gasteiger partial charge on any atom is 0.138 e. The van der Waals surface area contributed by atoms with Crippen LogP contribution in [-0.4, -0.2) is 38.6 Å². The number of pyridine rings is 1. The van der Waals surface area contributed by atoms with Crippen molar-refractivity contribution in [3.05, 3.63) is 42.1 Å². The fraction of sp³-hybridized carbons (Fsp3) is 0.636. The van der Waals surface area contributed by atoms with Crippen molar-refractivity contribution in [3.8, 4) is 5.82 Å². The number of hydrogen-bond donors (Lipinski definition) is 0. The number of nitrogens with zero attached hydrogens (tertiary/aromatic N) is 4. The maximum absolute atomic E-state index is 5.06. The molecule has 140 valence electrons. The highest BCUT2D eigenvalue weighted by Crippen LogP contribution is 2.31. The molecule has 0 N–H and O–H groups in total. The van der Waals surface area contributed by atoms with Crippen molar-refractivity contribution in [1.82, 2.24) is 19.4 Å². The minimum atomic E-state index is 0.395. The second-order valence-corrected chi connectivity index (χ2v) is 8.36. The van der Waals surface area contributed by atoms with Crippen LogP contribution in [0.3, 0.4) is 0 Å². The van der Waals surface area contributed by atoms with Crippen molar-refractivity contribution in [1.29, 1.82) is 0 Å². The van der Waals surface area contributed by atoms with Crippen molar-refractivity contribution in [2.75, 3.05) is 13.1 Å². The van der Waals surface area contributed by atoms with Crippen LogP contribution in [-0.2, 0) is 0 Å². The van der Waals surface area contributed by atoms with Crippen LogP contribution in [0.15, 0.2) is 30.6 Å². The summed E-state index contributed by atoms with van der Waals surface area (Å²) in [6.45, 7) is 6.83. The van der Waals surface area contributed by atoms with Crippen molar-refractivity contribution < 1.29 is 0 Å². The topological polar surface area (TPSA) is 34.0 Å². The van der Waals surface area contributed by atoms with Gasteiger partial charge in [0.2, 0.25) is 0 Å². The molecule has 0 radical (unpaired) electrons. The number of likely N-dealkylation sites (tertiary alicyclic amines) is 1. The van der Waals surface area contributed by atoms with E-state index < -0.39 is 0 Å². The zero-order valence-electron chi connectivity index (χ0n) is 16.3. The second-order valence-electron chi connectivity index (χ2n) is 8.36. The quantitative estimate of drug-likeness (QED) is 0.784. The van der Waals surface area contributed by atoms with Gasteiger partial charge in [0.1, 0.15) is 11.6 Å². The first-order valence-corrected chi connectivity index (χ1v) is 10.5. The third-order valence-corrected chi connectivity index (χ3v) is 6.15. The molecule has 1 saturated carbocycles. The number of piperidine rings is 1. The molecule has 4 nitrogen and oxygen atoms in total. The van der Waals surface area contributed by atoms with E-state index >= 15 is 0 Å². The molecule has 2 aromatic heterocycles. The van der Waals surface area contributed by atoms with Crippen LogP contribution < -0.4 is 0 Å². The van der Waals surface area contributed by atoms with E-state index in [-0.39, 0.29) is 0 Å². The Hall–Kier alpha value is -1.68. The molecule has 4 rings (SSSR count). The van der Waals surface area contributed by atoms with Gasteiger partial charge in [-0.25, -0.2) is 9.97 Å². The summed E-state index contributed by atoms with van der Waals surface area (Å²) in [7, 11) is 0. The van der Waals surface area contributed by atoms with Crippen molar-refractivity contribution in [2.45, 2.75) is 76.7 Å². The average Bonchev–Trinajstić information content (AvgIpc) is 3.19. The van der Waals surface area contributed by atoms with E-state index in [1.165, 1.54) is 63.7 Å². The molecule has 0 spiro atoms. The predicted octanol–water partition coefficient (Wildman–Crippen LogP) is 4.90. The van der Waals surface area contributed by atoms with E-state index in [1.54, 1.807) is 0 Å². The monoisotopic (exact) mass is 352 g/mol. The minimum absolute atomic E-state index is 0.395. The Kier molecular flexibility index (Phi) is 5.39. The first-order valence-electron chi connectivity index (χ1n) is 10.5. The van der Waals surface area contributed by atoms with E-state index in [1.807, 2.05) is 12.4 Å². The van der Waals surface area contributed by atoms with Gasteiger partial charge >= 0.3 is 0 Å². The fourth-order valence-electron chi connectivity index (χ4n) is 4.76. The molecule has 2 aliphatic rings. The average molecular weight is 353 g/mol. The third-order valence-electron chi connectivity index (χ3n) is 6.15. The summed E-state index contributed by atoms with van der Waals surface area (Å²) in [5, 5.41) is 0. The van der Waals surface area contributed by atoms with Crippen LogP contribution in [0.4, 0.5) is 0 Å².